The Bertz CT molecular complexity index is 720. The van der Waals surface area contributed by atoms with E-state index >= 15 is 0 Å². The number of phenols is 1. The molecular weight excluding hydrogens is 290 g/mol. The molecule has 0 amide bonds. The molecule has 120 valence electrons. The first-order valence-corrected chi connectivity index (χ1v) is 7.85. The smallest absolute Gasteiger partial charge is 0.255 e. The van der Waals surface area contributed by atoms with Crippen molar-refractivity contribution in [1.29, 1.82) is 0 Å². The summed E-state index contributed by atoms with van der Waals surface area (Å²) in [7, 11) is 0. The number of hydrogen-bond donors (Lipinski definition) is 2. The van der Waals surface area contributed by atoms with Gasteiger partial charge in [-0.2, -0.15) is 0 Å². The third-order valence-corrected chi connectivity index (χ3v) is 4.16. The van der Waals surface area contributed by atoms with Crippen molar-refractivity contribution in [3.05, 3.63) is 59.7 Å². The van der Waals surface area contributed by atoms with Crippen LogP contribution in [0.4, 0.5) is 5.69 Å². The van der Waals surface area contributed by atoms with Crippen LogP contribution < -0.4 is 9.64 Å². The molecule has 1 heterocycles. The van der Waals surface area contributed by atoms with E-state index in [1.807, 2.05) is 18.2 Å². The van der Waals surface area contributed by atoms with Gasteiger partial charge in [0.05, 0.1) is 0 Å². The van der Waals surface area contributed by atoms with Gasteiger partial charge in [-0.15, -0.1) is 0 Å². The molecule has 23 heavy (non-hydrogen) atoms. The minimum absolute atomic E-state index is 0.154. The van der Waals surface area contributed by atoms with Gasteiger partial charge in [-0.3, -0.25) is 0 Å². The predicted molar refractivity (Wildman–Crippen MR) is 91.7 cm³/mol. The lowest BCUT2D eigenvalue weighted by atomic mass is 10.0. The normalized spacial score (nSPS) is 19.1. The Morgan fingerprint density at radius 3 is 2.39 bits per heavy atom. The van der Waals surface area contributed by atoms with E-state index in [9.17, 15) is 10.2 Å². The second-order valence-corrected chi connectivity index (χ2v) is 5.57. The average Bonchev–Trinajstić information content (AvgIpc) is 2.56. The van der Waals surface area contributed by atoms with Crippen molar-refractivity contribution in [3.63, 3.8) is 0 Å². The highest BCUT2D eigenvalue weighted by molar-refractivity contribution is 5.66. The Hall–Kier alpha value is -2.46. The van der Waals surface area contributed by atoms with E-state index in [4.69, 9.17) is 4.74 Å². The summed E-state index contributed by atoms with van der Waals surface area (Å²) in [6.07, 6.45) is 3.48. The van der Waals surface area contributed by atoms with Crippen LogP contribution in [0.3, 0.4) is 0 Å². The molecule has 2 aromatic carbocycles. The van der Waals surface area contributed by atoms with Crippen LogP contribution in [0, 0.1) is 0 Å². The van der Waals surface area contributed by atoms with Gasteiger partial charge in [0.1, 0.15) is 11.5 Å². The molecule has 4 heteroatoms. The molecule has 0 saturated carbocycles. The molecule has 0 aliphatic carbocycles. The van der Waals surface area contributed by atoms with Crippen LogP contribution in [-0.2, 0) is 5.79 Å². The molecule has 4 nitrogen and oxygen atoms in total. The van der Waals surface area contributed by atoms with Gasteiger partial charge < -0.3 is 19.8 Å². The van der Waals surface area contributed by atoms with Gasteiger partial charge in [-0.25, -0.2) is 0 Å². The van der Waals surface area contributed by atoms with Gasteiger partial charge in [0.15, 0.2) is 0 Å². The predicted octanol–water partition coefficient (Wildman–Crippen LogP) is 3.49. The SMILES string of the molecule is CCN(CC)c1ccc2c(c1)OC(O)(c1ccc(O)cc1)C=C2. The van der Waals surface area contributed by atoms with Crippen molar-refractivity contribution in [3.8, 4) is 11.5 Å². The van der Waals surface area contributed by atoms with E-state index < -0.39 is 5.79 Å². The quantitative estimate of drug-likeness (QED) is 0.907. The maximum Gasteiger partial charge on any atom is 0.255 e. The van der Waals surface area contributed by atoms with Gasteiger partial charge in [0.25, 0.3) is 5.79 Å². The molecule has 1 atom stereocenters. The molecule has 3 rings (SSSR count). The molecule has 0 spiro atoms. The molecule has 0 saturated heterocycles. The zero-order chi connectivity index (χ0) is 16.4. The monoisotopic (exact) mass is 311 g/mol. The maximum absolute atomic E-state index is 10.8. The standard InChI is InChI=1S/C19H21NO3/c1-3-20(4-2)16-8-5-14-11-12-19(22,23-18(14)13-16)15-6-9-17(21)10-7-15/h5-13,21-22H,3-4H2,1-2H3. The third kappa shape index (κ3) is 2.90. The molecular formula is C19H21NO3. The Morgan fingerprint density at radius 1 is 1.04 bits per heavy atom. The third-order valence-electron chi connectivity index (χ3n) is 4.16. The van der Waals surface area contributed by atoms with Gasteiger partial charge in [0.2, 0.25) is 0 Å². The van der Waals surface area contributed by atoms with E-state index in [1.54, 1.807) is 18.2 Å². The number of rotatable bonds is 4. The van der Waals surface area contributed by atoms with E-state index in [0.717, 1.165) is 24.3 Å². The van der Waals surface area contributed by atoms with Crippen LogP contribution in [0.25, 0.3) is 6.08 Å². The minimum Gasteiger partial charge on any atom is -0.508 e. The van der Waals surface area contributed by atoms with Crippen molar-refractivity contribution in [2.45, 2.75) is 19.6 Å². The fourth-order valence-corrected chi connectivity index (χ4v) is 2.79. The number of ether oxygens (including phenoxy) is 1. The number of fused-ring (bicyclic) bond motifs is 1. The average molecular weight is 311 g/mol. The lowest BCUT2D eigenvalue weighted by Crippen LogP contribution is -2.32. The Balaban J connectivity index is 1.95. The summed E-state index contributed by atoms with van der Waals surface area (Å²) in [6, 6.07) is 12.4. The summed E-state index contributed by atoms with van der Waals surface area (Å²) in [5, 5.41) is 20.2. The number of benzene rings is 2. The Morgan fingerprint density at radius 2 is 1.74 bits per heavy atom. The highest BCUT2D eigenvalue weighted by Crippen LogP contribution is 2.38. The van der Waals surface area contributed by atoms with Crippen LogP contribution in [0.15, 0.2) is 48.5 Å². The first-order chi connectivity index (χ1) is 11.1. The van der Waals surface area contributed by atoms with E-state index in [1.165, 1.54) is 12.1 Å². The summed E-state index contributed by atoms with van der Waals surface area (Å²) in [4.78, 5) is 2.22. The number of phenolic OH excluding ortho intramolecular Hbond substituents is 1. The molecule has 2 N–H and O–H groups in total. The van der Waals surface area contributed by atoms with E-state index in [-0.39, 0.29) is 5.75 Å². The van der Waals surface area contributed by atoms with Crippen LogP contribution >= 0.6 is 0 Å². The Kier molecular flexibility index (Phi) is 4.01. The van der Waals surface area contributed by atoms with Gasteiger partial charge in [-0.05, 0) is 62.4 Å². The molecule has 0 bridgehead atoms. The number of hydrogen-bond acceptors (Lipinski definition) is 4. The summed E-state index contributed by atoms with van der Waals surface area (Å²) in [5.41, 5.74) is 2.58. The number of aliphatic hydroxyl groups is 1. The lowest BCUT2D eigenvalue weighted by molar-refractivity contribution is -0.103. The number of anilines is 1. The summed E-state index contributed by atoms with van der Waals surface area (Å²) >= 11 is 0. The highest BCUT2D eigenvalue weighted by Gasteiger charge is 2.32. The first-order valence-electron chi connectivity index (χ1n) is 7.85. The zero-order valence-corrected chi connectivity index (χ0v) is 13.4. The molecule has 0 aromatic heterocycles. The van der Waals surface area contributed by atoms with Crippen molar-refractivity contribution in [2.75, 3.05) is 18.0 Å². The van der Waals surface area contributed by atoms with Crippen LogP contribution in [-0.4, -0.2) is 23.3 Å². The van der Waals surface area contributed by atoms with E-state index in [0.29, 0.717) is 11.3 Å². The van der Waals surface area contributed by atoms with Gasteiger partial charge in [-0.1, -0.05) is 0 Å². The van der Waals surface area contributed by atoms with Crippen molar-refractivity contribution in [1.82, 2.24) is 0 Å². The molecule has 1 aliphatic heterocycles. The zero-order valence-electron chi connectivity index (χ0n) is 13.4. The number of aromatic hydroxyl groups is 1. The summed E-state index contributed by atoms with van der Waals surface area (Å²) in [5.74, 6) is -0.725. The Labute approximate surface area is 136 Å². The fourth-order valence-electron chi connectivity index (χ4n) is 2.79. The second kappa shape index (κ2) is 5.97. The van der Waals surface area contributed by atoms with Crippen LogP contribution in [0.2, 0.25) is 0 Å². The topological polar surface area (TPSA) is 52.9 Å². The van der Waals surface area contributed by atoms with E-state index in [2.05, 4.69) is 24.8 Å². The molecule has 2 aromatic rings. The summed E-state index contributed by atoms with van der Waals surface area (Å²) < 4.78 is 5.89. The van der Waals surface area contributed by atoms with Crippen molar-refractivity contribution >= 4 is 11.8 Å². The number of nitrogens with zero attached hydrogens (tertiary/aromatic N) is 1. The minimum atomic E-state index is -1.53. The van der Waals surface area contributed by atoms with Crippen molar-refractivity contribution < 1.29 is 14.9 Å². The van der Waals surface area contributed by atoms with Crippen LogP contribution in [0.5, 0.6) is 11.5 Å². The largest absolute Gasteiger partial charge is 0.508 e. The molecule has 0 radical (unpaired) electrons. The fraction of sp³-hybridized carbons (Fsp3) is 0.263. The maximum atomic E-state index is 10.8. The van der Waals surface area contributed by atoms with Gasteiger partial charge >= 0.3 is 0 Å². The molecule has 0 fully saturated rings. The van der Waals surface area contributed by atoms with Crippen LogP contribution in [0.1, 0.15) is 25.0 Å². The van der Waals surface area contributed by atoms with Crippen molar-refractivity contribution in [2.24, 2.45) is 0 Å². The highest BCUT2D eigenvalue weighted by atomic mass is 16.6. The molecule has 1 unspecified atom stereocenters. The van der Waals surface area contributed by atoms with Gasteiger partial charge in [0, 0.05) is 36.0 Å². The first kappa shape index (κ1) is 15.4. The second-order valence-electron chi connectivity index (χ2n) is 5.57. The lowest BCUT2D eigenvalue weighted by Gasteiger charge is -2.31. The summed E-state index contributed by atoms with van der Waals surface area (Å²) in [6.45, 7) is 6.04. The molecule has 1 aliphatic rings.